The monoisotopic (exact) mass is 476 g/mol. The number of nitrogens with zero attached hydrogens (tertiary/aromatic N) is 3. The Morgan fingerprint density at radius 3 is 3.00 bits per heavy atom. The third-order valence-electron chi connectivity index (χ3n) is 6.38. The van der Waals surface area contributed by atoms with Gasteiger partial charge in [-0.05, 0) is 62.3 Å². The number of amides is 2. The molecule has 2 aliphatic heterocycles. The summed E-state index contributed by atoms with van der Waals surface area (Å²) in [5.74, 6) is 0.675. The number of aliphatic hydroxyl groups excluding tert-OH is 1. The number of fused-ring (bicyclic) bond motifs is 1. The van der Waals surface area contributed by atoms with Crippen molar-refractivity contribution in [2.45, 2.75) is 57.7 Å². The highest BCUT2D eigenvalue weighted by Gasteiger charge is 2.30. The van der Waals surface area contributed by atoms with E-state index in [1.54, 1.807) is 11.0 Å². The first-order valence-electron chi connectivity index (χ1n) is 11.3. The van der Waals surface area contributed by atoms with E-state index in [-0.39, 0.29) is 23.3 Å². The lowest BCUT2D eigenvalue weighted by Crippen LogP contribution is -2.45. The highest BCUT2D eigenvalue weighted by atomic mass is 35.5. The fourth-order valence-corrected chi connectivity index (χ4v) is 4.73. The van der Waals surface area contributed by atoms with Gasteiger partial charge in [0.1, 0.15) is 11.6 Å². The standard InChI is InChI=1S/C24H30ClFN4O3/c1-24(2)11-15(6-8-33-24)9-22-27-12-17-5-7-30(13-20(17)28-22)23(32)29-21(14-31)16-3-4-18(25)19(26)10-16/h3-4,10,12,15,21,31H,5-9,11,13-14H2,1-2H3,(H,29,32)/t15?,21-/m1/s1. The molecular formula is C24H30ClFN4O3. The van der Waals surface area contributed by atoms with Crippen LogP contribution in [0, 0.1) is 11.7 Å². The lowest BCUT2D eigenvalue weighted by atomic mass is 9.86. The summed E-state index contributed by atoms with van der Waals surface area (Å²) in [6, 6.07) is 3.17. The lowest BCUT2D eigenvalue weighted by Gasteiger charge is -2.35. The molecule has 33 heavy (non-hydrogen) atoms. The lowest BCUT2D eigenvalue weighted by molar-refractivity contribution is -0.0723. The van der Waals surface area contributed by atoms with Gasteiger partial charge in [0.2, 0.25) is 0 Å². The Bertz CT molecular complexity index is 1020. The normalized spacial score (nSPS) is 20.8. The van der Waals surface area contributed by atoms with Crippen LogP contribution in [0.3, 0.4) is 0 Å². The molecule has 1 unspecified atom stereocenters. The summed E-state index contributed by atoms with van der Waals surface area (Å²) in [7, 11) is 0. The molecule has 2 atom stereocenters. The number of hydrogen-bond acceptors (Lipinski definition) is 5. The van der Waals surface area contributed by atoms with Gasteiger partial charge in [0.05, 0.1) is 35.5 Å². The van der Waals surface area contributed by atoms with Crippen LogP contribution in [0.1, 0.15) is 55.4 Å². The van der Waals surface area contributed by atoms with Gasteiger partial charge in [-0.1, -0.05) is 17.7 Å². The number of hydrogen-bond donors (Lipinski definition) is 2. The molecule has 1 aromatic carbocycles. The number of urea groups is 1. The van der Waals surface area contributed by atoms with Gasteiger partial charge in [0.15, 0.2) is 0 Å². The van der Waals surface area contributed by atoms with Gasteiger partial charge in [0.25, 0.3) is 0 Å². The molecule has 2 aliphatic rings. The van der Waals surface area contributed by atoms with Crippen LogP contribution in [0.4, 0.5) is 9.18 Å². The molecule has 2 N–H and O–H groups in total. The van der Waals surface area contributed by atoms with Crippen molar-refractivity contribution >= 4 is 17.6 Å². The zero-order valence-electron chi connectivity index (χ0n) is 19.0. The third-order valence-corrected chi connectivity index (χ3v) is 6.69. The zero-order chi connectivity index (χ0) is 23.6. The molecule has 0 aliphatic carbocycles. The quantitative estimate of drug-likeness (QED) is 0.685. The molecule has 2 aromatic rings. The number of halogens is 2. The van der Waals surface area contributed by atoms with Crippen molar-refractivity contribution in [2.75, 3.05) is 19.8 Å². The van der Waals surface area contributed by atoms with Gasteiger partial charge in [0, 0.05) is 25.8 Å². The minimum Gasteiger partial charge on any atom is -0.394 e. The number of benzene rings is 1. The third kappa shape index (κ3) is 5.80. The number of ether oxygens (including phenoxy) is 1. The first-order chi connectivity index (χ1) is 15.7. The average Bonchev–Trinajstić information content (AvgIpc) is 2.78. The molecule has 0 saturated carbocycles. The second kappa shape index (κ2) is 9.91. The van der Waals surface area contributed by atoms with Crippen LogP contribution in [0.15, 0.2) is 24.4 Å². The largest absolute Gasteiger partial charge is 0.394 e. The molecule has 3 heterocycles. The van der Waals surface area contributed by atoms with Gasteiger partial charge in [-0.15, -0.1) is 0 Å². The predicted octanol–water partition coefficient (Wildman–Crippen LogP) is 3.82. The van der Waals surface area contributed by atoms with E-state index in [0.717, 1.165) is 43.0 Å². The maximum Gasteiger partial charge on any atom is 0.318 e. The molecular weight excluding hydrogens is 447 g/mol. The van der Waals surface area contributed by atoms with E-state index < -0.39 is 11.9 Å². The Morgan fingerprint density at radius 2 is 2.27 bits per heavy atom. The minimum absolute atomic E-state index is 0.00536. The fourth-order valence-electron chi connectivity index (χ4n) is 4.61. The Kier molecular flexibility index (Phi) is 7.16. The van der Waals surface area contributed by atoms with Crippen molar-refractivity contribution in [1.82, 2.24) is 20.2 Å². The van der Waals surface area contributed by atoms with Gasteiger partial charge in [-0.25, -0.2) is 19.2 Å². The molecule has 0 spiro atoms. The molecule has 7 nitrogen and oxygen atoms in total. The van der Waals surface area contributed by atoms with E-state index >= 15 is 0 Å². The summed E-state index contributed by atoms with van der Waals surface area (Å²) in [5, 5.41) is 12.5. The molecule has 1 aromatic heterocycles. The van der Waals surface area contributed by atoms with Crippen molar-refractivity contribution in [1.29, 1.82) is 0 Å². The second-order valence-electron chi connectivity index (χ2n) is 9.46. The summed E-state index contributed by atoms with van der Waals surface area (Å²) in [5.41, 5.74) is 2.23. The van der Waals surface area contributed by atoms with Crippen molar-refractivity contribution in [2.24, 2.45) is 5.92 Å². The van der Waals surface area contributed by atoms with Gasteiger partial charge >= 0.3 is 6.03 Å². The molecule has 0 radical (unpaired) electrons. The van der Waals surface area contributed by atoms with Crippen molar-refractivity contribution in [3.05, 3.63) is 57.9 Å². The summed E-state index contributed by atoms with van der Waals surface area (Å²) < 4.78 is 19.6. The molecule has 9 heteroatoms. The average molecular weight is 477 g/mol. The minimum atomic E-state index is -0.733. The number of carbonyl (C=O) groups is 1. The molecule has 4 rings (SSSR count). The Hall–Kier alpha value is -2.29. The SMILES string of the molecule is CC1(C)CC(Cc2ncc3c(n2)CN(C(=O)N[C@H](CO)c2ccc(Cl)c(F)c2)CC3)CCO1. The highest BCUT2D eigenvalue weighted by Crippen LogP contribution is 2.30. The van der Waals surface area contributed by atoms with Crippen molar-refractivity contribution < 1.29 is 19.0 Å². The summed E-state index contributed by atoms with van der Waals surface area (Å²) in [6.07, 6.45) is 5.29. The highest BCUT2D eigenvalue weighted by molar-refractivity contribution is 6.30. The first-order valence-corrected chi connectivity index (χ1v) is 11.7. The van der Waals surface area contributed by atoms with E-state index in [1.165, 1.54) is 12.1 Å². The Balaban J connectivity index is 1.41. The first kappa shape index (κ1) is 23.9. The van der Waals surface area contributed by atoms with Crippen molar-refractivity contribution in [3.8, 4) is 0 Å². The molecule has 1 saturated heterocycles. The van der Waals surface area contributed by atoms with Gasteiger partial charge in [-0.2, -0.15) is 0 Å². The van der Waals surface area contributed by atoms with E-state index in [2.05, 4.69) is 24.1 Å². The van der Waals surface area contributed by atoms with E-state index in [4.69, 9.17) is 21.3 Å². The molecule has 178 valence electrons. The van der Waals surface area contributed by atoms with Crippen LogP contribution < -0.4 is 5.32 Å². The fraction of sp³-hybridized carbons (Fsp3) is 0.542. The summed E-state index contributed by atoms with van der Waals surface area (Å²) >= 11 is 5.74. The van der Waals surface area contributed by atoms with Crippen LogP contribution in [-0.2, 0) is 24.1 Å². The van der Waals surface area contributed by atoms with Crippen LogP contribution in [0.5, 0.6) is 0 Å². The van der Waals surface area contributed by atoms with E-state index in [9.17, 15) is 14.3 Å². The van der Waals surface area contributed by atoms with E-state index in [0.29, 0.717) is 31.0 Å². The molecule has 0 bridgehead atoms. The van der Waals surface area contributed by atoms with E-state index in [1.807, 2.05) is 6.20 Å². The molecule has 2 amide bonds. The summed E-state index contributed by atoms with van der Waals surface area (Å²) in [4.78, 5) is 23.9. The maximum absolute atomic E-state index is 13.8. The predicted molar refractivity (Wildman–Crippen MR) is 122 cm³/mol. The number of rotatable bonds is 5. The number of nitrogens with one attached hydrogen (secondary N) is 1. The topological polar surface area (TPSA) is 87.6 Å². The van der Waals surface area contributed by atoms with Gasteiger partial charge < -0.3 is 20.1 Å². The summed E-state index contributed by atoms with van der Waals surface area (Å²) in [6.45, 7) is 5.50. The van der Waals surface area contributed by atoms with Gasteiger partial charge in [-0.3, -0.25) is 0 Å². The van der Waals surface area contributed by atoms with Crippen LogP contribution in [0.2, 0.25) is 5.02 Å². The van der Waals surface area contributed by atoms with Crippen LogP contribution in [-0.4, -0.2) is 51.4 Å². The number of aromatic nitrogens is 2. The second-order valence-corrected chi connectivity index (χ2v) is 9.87. The Morgan fingerprint density at radius 1 is 1.45 bits per heavy atom. The Labute approximate surface area is 198 Å². The van der Waals surface area contributed by atoms with Crippen molar-refractivity contribution in [3.63, 3.8) is 0 Å². The smallest absolute Gasteiger partial charge is 0.318 e. The zero-order valence-corrected chi connectivity index (χ0v) is 19.7. The van der Waals surface area contributed by atoms with Crippen LogP contribution >= 0.6 is 11.6 Å². The number of carbonyl (C=O) groups excluding carboxylic acids is 1. The molecule has 1 fully saturated rings. The number of aliphatic hydroxyl groups is 1. The van der Waals surface area contributed by atoms with Crippen LogP contribution in [0.25, 0.3) is 0 Å². The maximum atomic E-state index is 13.8.